The first-order chi connectivity index (χ1) is 10.2. The molecule has 0 aromatic carbocycles. The average Bonchev–Trinajstić information content (AvgIpc) is 2.91. The van der Waals surface area contributed by atoms with Gasteiger partial charge in [-0.05, 0) is 18.9 Å². The Labute approximate surface area is 134 Å². The van der Waals surface area contributed by atoms with E-state index in [0.29, 0.717) is 12.1 Å². The van der Waals surface area contributed by atoms with Crippen molar-refractivity contribution in [3.8, 4) is 0 Å². The lowest BCUT2D eigenvalue weighted by atomic mass is 10.0. The molecule has 0 aromatic heterocycles. The van der Waals surface area contributed by atoms with Gasteiger partial charge in [-0.25, -0.2) is 0 Å². The number of nitrogens with one attached hydrogen (secondary N) is 2. The number of thioether (sulfide) groups is 1. The SMILES string of the molecule is C=CC(=O)NC1CSCC1NC(CCCC)CCCCC. The molecule has 1 amide bonds. The number of rotatable bonds is 11. The second kappa shape index (κ2) is 11.1. The molecular formula is C17H32N2OS. The zero-order valence-corrected chi connectivity index (χ0v) is 14.5. The monoisotopic (exact) mass is 312 g/mol. The molecule has 0 saturated carbocycles. The van der Waals surface area contributed by atoms with E-state index in [1.807, 2.05) is 11.8 Å². The number of hydrogen-bond donors (Lipinski definition) is 2. The highest BCUT2D eigenvalue weighted by Crippen LogP contribution is 2.21. The Kier molecular flexibility index (Phi) is 9.85. The molecule has 4 heteroatoms. The van der Waals surface area contributed by atoms with Gasteiger partial charge in [0.15, 0.2) is 0 Å². The Morgan fingerprint density at radius 2 is 1.86 bits per heavy atom. The van der Waals surface area contributed by atoms with Gasteiger partial charge in [0.25, 0.3) is 0 Å². The van der Waals surface area contributed by atoms with Crippen LogP contribution < -0.4 is 10.6 Å². The number of carbonyl (C=O) groups excluding carboxylic acids is 1. The standard InChI is InChI=1S/C17H32N2OS/c1-4-7-9-11-14(10-8-5-2)18-15-12-21-13-16(15)19-17(20)6-3/h6,14-16,18H,3-5,7-13H2,1-2H3,(H,19,20). The lowest BCUT2D eigenvalue weighted by Gasteiger charge is -2.27. The van der Waals surface area contributed by atoms with E-state index < -0.39 is 0 Å². The van der Waals surface area contributed by atoms with Crippen molar-refractivity contribution in [3.05, 3.63) is 12.7 Å². The Balaban J connectivity index is 2.46. The molecule has 0 spiro atoms. The average molecular weight is 313 g/mol. The summed E-state index contributed by atoms with van der Waals surface area (Å²) in [5.74, 6) is 2.05. The maximum Gasteiger partial charge on any atom is 0.243 e. The summed E-state index contributed by atoms with van der Waals surface area (Å²) >= 11 is 1.93. The van der Waals surface area contributed by atoms with E-state index >= 15 is 0 Å². The van der Waals surface area contributed by atoms with Crippen LogP contribution in [0.3, 0.4) is 0 Å². The molecule has 122 valence electrons. The first-order valence-corrected chi connectivity index (χ1v) is 9.63. The van der Waals surface area contributed by atoms with E-state index in [9.17, 15) is 4.79 Å². The first-order valence-electron chi connectivity index (χ1n) is 8.47. The number of amides is 1. The molecule has 0 radical (unpaired) electrons. The largest absolute Gasteiger partial charge is 0.347 e. The van der Waals surface area contributed by atoms with Crippen LogP contribution in [0.15, 0.2) is 12.7 Å². The van der Waals surface area contributed by atoms with Gasteiger partial charge in [0.05, 0.1) is 6.04 Å². The topological polar surface area (TPSA) is 41.1 Å². The fourth-order valence-electron chi connectivity index (χ4n) is 2.81. The third-order valence-corrected chi connectivity index (χ3v) is 5.30. The molecule has 2 N–H and O–H groups in total. The van der Waals surface area contributed by atoms with Crippen LogP contribution in [0.4, 0.5) is 0 Å². The fourth-order valence-corrected chi connectivity index (χ4v) is 4.10. The van der Waals surface area contributed by atoms with Crippen molar-refractivity contribution >= 4 is 17.7 Å². The van der Waals surface area contributed by atoms with Crippen molar-refractivity contribution in [1.29, 1.82) is 0 Å². The summed E-state index contributed by atoms with van der Waals surface area (Å²) in [6.45, 7) is 8.04. The van der Waals surface area contributed by atoms with Gasteiger partial charge in [-0.3, -0.25) is 4.79 Å². The van der Waals surface area contributed by atoms with Crippen LogP contribution in [0.2, 0.25) is 0 Å². The summed E-state index contributed by atoms with van der Waals surface area (Å²) < 4.78 is 0. The predicted molar refractivity (Wildman–Crippen MR) is 93.8 cm³/mol. The lowest BCUT2D eigenvalue weighted by Crippen LogP contribution is -2.51. The molecule has 21 heavy (non-hydrogen) atoms. The van der Waals surface area contributed by atoms with Gasteiger partial charge in [0, 0.05) is 23.6 Å². The van der Waals surface area contributed by atoms with Crippen LogP contribution in [-0.2, 0) is 4.79 Å². The van der Waals surface area contributed by atoms with Gasteiger partial charge in [-0.2, -0.15) is 11.8 Å². The normalized spacial score (nSPS) is 23.0. The third kappa shape index (κ3) is 7.37. The zero-order chi connectivity index (χ0) is 15.5. The lowest BCUT2D eigenvalue weighted by molar-refractivity contribution is -0.117. The molecule has 3 nitrogen and oxygen atoms in total. The highest BCUT2D eigenvalue weighted by Gasteiger charge is 2.30. The van der Waals surface area contributed by atoms with Crippen LogP contribution in [-0.4, -0.2) is 35.5 Å². The molecular weight excluding hydrogens is 280 g/mol. The maximum atomic E-state index is 11.5. The van der Waals surface area contributed by atoms with E-state index in [0.717, 1.165) is 11.5 Å². The summed E-state index contributed by atoms with van der Waals surface area (Å²) in [6.07, 6.45) is 10.3. The number of carbonyl (C=O) groups is 1. The van der Waals surface area contributed by atoms with Crippen LogP contribution in [0, 0.1) is 0 Å². The van der Waals surface area contributed by atoms with Gasteiger partial charge in [0.1, 0.15) is 0 Å². The Morgan fingerprint density at radius 3 is 2.52 bits per heavy atom. The quantitative estimate of drug-likeness (QED) is 0.453. The second-order valence-corrected chi connectivity index (χ2v) is 7.04. The van der Waals surface area contributed by atoms with E-state index in [4.69, 9.17) is 0 Å². The van der Waals surface area contributed by atoms with Crippen LogP contribution >= 0.6 is 11.8 Å². The Hall–Kier alpha value is -0.480. The minimum absolute atomic E-state index is 0.0506. The summed E-state index contributed by atoms with van der Waals surface area (Å²) in [7, 11) is 0. The second-order valence-electron chi connectivity index (χ2n) is 5.96. The fraction of sp³-hybridized carbons (Fsp3) is 0.824. The van der Waals surface area contributed by atoms with Crippen molar-refractivity contribution in [2.75, 3.05) is 11.5 Å². The van der Waals surface area contributed by atoms with E-state index in [1.54, 1.807) is 0 Å². The highest BCUT2D eigenvalue weighted by molar-refractivity contribution is 7.99. The zero-order valence-electron chi connectivity index (χ0n) is 13.7. The highest BCUT2D eigenvalue weighted by atomic mass is 32.2. The van der Waals surface area contributed by atoms with Gasteiger partial charge < -0.3 is 10.6 Å². The minimum atomic E-state index is -0.0506. The van der Waals surface area contributed by atoms with E-state index in [-0.39, 0.29) is 11.9 Å². The predicted octanol–water partition coefficient (Wildman–Crippen LogP) is 3.50. The molecule has 3 unspecified atom stereocenters. The summed E-state index contributed by atoms with van der Waals surface area (Å²) in [4.78, 5) is 11.5. The van der Waals surface area contributed by atoms with E-state index in [1.165, 1.54) is 51.0 Å². The summed E-state index contributed by atoms with van der Waals surface area (Å²) in [5.41, 5.74) is 0. The number of unbranched alkanes of at least 4 members (excludes halogenated alkanes) is 3. The van der Waals surface area contributed by atoms with Gasteiger partial charge in [0.2, 0.25) is 5.91 Å². The molecule has 1 rings (SSSR count). The molecule has 0 aliphatic carbocycles. The molecule has 1 aliphatic heterocycles. The maximum absolute atomic E-state index is 11.5. The molecule has 3 atom stereocenters. The van der Waals surface area contributed by atoms with Gasteiger partial charge in [-0.1, -0.05) is 52.5 Å². The Morgan fingerprint density at radius 1 is 1.19 bits per heavy atom. The number of hydrogen-bond acceptors (Lipinski definition) is 3. The van der Waals surface area contributed by atoms with Crippen LogP contribution in [0.25, 0.3) is 0 Å². The molecule has 0 bridgehead atoms. The van der Waals surface area contributed by atoms with Crippen molar-refractivity contribution in [3.63, 3.8) is 0 Å². The molecule has 0 aromatic rings. The smallest absolute Gasteiger partial charge is 0.243 e. The summed E-state index contributed by atoms with van der Waals surface area (Å²) in [6, 6.07) is 1.25. The van der Waals surface area contributed by atoms with Crippen molar-refractivity contribution < 1.29 is 4.79 Å². The van der Waals surface area contributed by atoms with Crippen molar-refractivity contribution in [1.82, 2.24) is 10.6 Å². The molecule has 1 heterocycles. The first kappa shape index (κ1) is 18.6. The van der Waals surface area contributed by atoms with Crippen LogP contribution in [0.1, 0.15) is 58.8 Å². The molecule has 1 fully saturated rings. The van der Waals surface area contributed by atoms with Gasteiger partial charge >= 0.3 is 0 Å². The van der Waals surface area contributed by atoms with Gasteiger partial charge in [-0.15, -0.1) is 0 Å². The third-order valence-electron chi connectivity index (χ3n) is 4.11. The molecule has 1 aliphatic rings. The van der Waals surface area contributed by atoms with E-state index in [2.05, 4.69) is 31.1 Å². The minimum Gasteiger partial charge on any atom is -0.347 e. The Bertz CT molecular complexity index is 309. The van der Waals surface area contributed by atoms with Crippen molar-refractivity contribution in [2.45, 2.75) is 76.9 Å². The molecule has 1 saturated heterocycles. The van der Waals surface area contributed by atoms with Crippen molar-refractivity contribution in [2.24, 2.45) is 0 Å². The van der Waals surface area contributed by atoms with Crippen LogP contribution in [0.5, 0.6) is 0 Å². The summed E-state index contributed by atoms with van der Waals surface area (Å²) in [5, 5.41) is 6.89.